The van der Waals surface area contributed by atoms with Gasteiger partial charge in [0, 0.05) is 37.8 Å². The monoisotopic (exact) mass is 437 g/mol. The highest BCUT2D eigenvalue weighted by Gasteiger charge is 2.40. The molecule has 4 rings (SSSR count). The van der Waals surface area contributed by atoms with E-state index in [1.165, 1.54) is 0 Å². The van der Waals surface area contributed by atoms with Crippen molar-refractivity contribution in [2.75, 3.05) is 26.7 Å². The Kier molecular flexibility index (Phi) is 7.07. The highest BCUT2D eigenvalue weighted by atomic mass is 16.5. The quantitative estimate of drug-likeness (QED) is 0.723. The molecular weight excluding hydrogens is 406 g/mol. The van der Waals surface area contributed by atoms with E-state index < -0.39 is 6.10 Å². The van der Waals surface area contributed by atoms with Gasteiger partial charge in [0.2, 0.25) is 5.91 Å². The number of carbonyl (C=O) groups is 2. The second-order valence-electron chi connectivity index (χ2n) is 8.56. The van der Waals surface area contributed by atoms with E-state index in [0.717, 1.165) is 24.2 Å². The van der Waals surface area contributed by atoms with Gasteiger partial charge in [-0.1, -0.05) is 30.3 Å². The molecule has 32 heavy (non-hydrogen) atoms. The standard InChI is InChI=1S/C25H31N3O4/c1-32-22-9-5-6-18(14-22)16-26-24(30)23-15-21(29)17-28(23)20-10-12-27(13-11-20)25(31)19-7-3-2-4-8-19/h2-9,14,20-21,23,29H,10-13,15-17H2,1H3,(H,26,30)/t21-,23+/m1/s1. The summed E-state index contributed by atoms with van der Waals surface area (Å²) >= 11 is 0. The molecular formula is C25H31N3O4. The molecule has 0 radical (unpaired) electrons. The number of β-amino-alcohol motifs (C(OH)–C–C–N with tert-alkyl or cyclic N) is 1. The molecule has 2 aromatic carbocycles. The van der Waals surface area contributed by atoms with Gasteiger partial charge in [-0.2, -0.15) is 0 Å². The number of aliphatic hydroxyl groups excluding tert-OH is 1. The van der Waals surface area contributed by atoms with Crippen molar-refractivity contribution in [1.82, 2.24) is 15.1 Å². The topological polar surface area (TPSA) is 82.1 Å². The minimum atomic E-state index is -0.508. The smallest absolute Gasteiger partial charge is 0.253 e. The van der Waals surface area contributed by atoms with E-state index in [4.69, 9.17) is 4.74 Å². The highest BCUT2D eigenvalue weighted by Crippen LogP contribution is 2.27. The second-order valence-corrected chi connectivity index (χ2v) is 8.56. The van der Waals surface area contributed by atoms with Gasteiger partial charge in [-0.05, 0) is 49.1 Å². The molecule has 2 aromatic rings. The van der Waals surface area contributed by atoms with Crippen LogP contribution in [0.25, 0.3) is 0 Å². The summed E-state index contributed by atoms with van der Waals surface area (Å²) < 4.78 is 5.24. The van der Waals surface area contributed by atoms with E-state index in [0.29, 0.717) is 38.2 Å². The van der Waals surface area contributed by atoms with Crippen molar-refractivity contribution >= 4 is 11.8 Å². The van der Waals surface area contributed by atoms with Crippen molar-refractivity contribution in [3.05, 3.63) is 65.7 Å². The Labute approximate surface area is 189 Å². The van der Waals surface area contributed by atoms with Gasteiger partial charge in [0.1, 0.15) is 5.75 Å². The molecule has 2 aliphatic rings. The predicted molar refractivity (Wildman–Crippen MR) is 121 cm³/mol. The Morgan fingerprint density at radius 3 is 2.56 bits per heavy atom. The number of hydrogen-bond acceptors (Lipinski definition) is 5. The van der Waals surface area contributed by atoms with E-state index in [1.807, 2.05) is 59.5 Å². The number of carbonyl (C=O) groups excluding carboxylic acids is 2. The molecule has 170 valence electrons. The van der Waals surface area contributed by atoms with Gasteiger partial charge in [0.25, 0.3) is 5.91 Å². The predicted octanol–water partition coefficient (Wildman–Crippen LogP) is 2.05. The zero-order valence-corrected chi connectivity index (χ0v) is 18.4. The van der Waals surface area contributed by atoms with Crippen LogP contribution >= 0.6 is 0 Å². The fraction of sp³-hybridized carbons (Fsp3) is 0.440. The van der Waals surface area contributed by atoms with Gasteiger partial charge in [-0.15, -0.1) is 0 Å². The first-order valence-corrected chi connectivity index (χ1v) is 11.2. The normalized spacial score (nSPS) is 22.0. The van der Waals surface area contributed by atoms with Crippen molar-refractivity contribution in [3.63, 3.8) is 0 Å². The lowest BCUT2D eigenvalue weighted by molar-refractivity contribution is -0.126. The number of piperidine rings is 1. The van der Waals surface area contributed by atoms with Gasteiger partial charge in [-0.25, -0.2) is 0 Å². The first-order valence-electron chi connectivity index (χ1n) is 11.2. The van der Waals surface area contributed by atoms with E-state index >= 15 is 0 Å². The maximum absolute atomic E-state index is 13.0. The molecule has 0 saturated carbocycles. The van der Waals surface area contributed by atoms with Gasteiger partial charge in [-0.3, -0.25) is 14.5 Å². The van der Waals surface area contributed by atoms with Crippen LogP contribution < -0.4 is 10.1 Å². The minimum Gasteiger partial charge on any atom is -0.497 e. The summed E-state index contributed by atoms with van der Waals surface area (Å²) in [5.41, 5.74) is 1.67. The Morgan fingerprint density at radius 1 is 1.09 bits per heavy atom. The van der Waals surface area contributed by atoms with E-state index in [9.17, 15) is 14.7 Å². The fourth-order valence-electron chi connectivity index (χ4n) is 4.75. The Morgan fingerprint density at radius 2 is 1.84 bits per heavy atom. The number of amides is 2. The zero-order valence-electron chi connectivity index (χ0n) is 18.4. The molecule has 7 heteroatoms. The molecule has 2 amide bonds. The maximum atomic E-state index is 13.0. The average Bonchev–Trinajstić information content (AvgIpc) is 3.24. The summed E-state index contributed by atoms with van der Waals surface area (Å²) in [6.07, 6.45) is 1.52. The molecule has 2 heterocycles. The molecule has 0 aliphatic carbocycles. The van der Waals surface area contributed by atoms with Crippen molar-refractivity contribution in [3.8, 4) is 5.75 Å². The molecule has 2 aliphatic heterocycles. The summed E-state index contributed by atoms with van der Waals surface area (Å²) in [4.78, 5) is 29.7. The molecule has 0 bridgehead atoms. The molecule has 0 unspecified atom stereocenters. The lowest BCUT2D eigenvalue weighted by atomic mass is 10.0. The Balaban J connectivity index is 1.33. The number of ether oxygens (including phenoxy) is 1. The highest BCUT2D eigenvalue weighted by molar-refractivity contribution is 5.94. The van der Waals surface area contributed by atoms with Crippen LogP contribution in [0.1, 0.15) is 35.2 Å². The van der Waals surface area contributed by atoms with Crippen LogP contribution in [0, 0.1) is 0 Å². The largest absolute Gasteiger partial charge is 0.497 e. The van der Waals surface area contributed by atoms with Crippen LogP contribution in [-0.4, -0.2) is 71.7 Å². The molecule has 0 aromatic heterocycles. The number of likely N-dealkylation sites (tertiary alicyclic amines) is 2. The van der Waals surface area contributed by atoms with Crippen LogP contribution in [-0.2, 0) is 11.3 Å². The second kappa shape index (κ2) is 10.1. The Bertz CT molecular complexity index is 928. The molecule has 2 fully saturated rings. The summed E-state index contributed by atoms with van der Waals surface area (Å²) in [7, 11) is 1.62. The molecule has 2 atom stereocenters. The zero-order chi connectivity index (χ0) is 22.5. The van der Waals surface area contributed by atoms with E-state index in [-0.39, 0.29) is 23.9 Å². The third-order valence-corrected chi connectivity index (χ3v) is 6.46. The number of nitrogens with zero attached hydrogens (tertiary/aromatic N) is 2. The number of methoxy groups -OCH3 is 1. The average molecular weight is 438 g/mol. The summed E-state index contributed by atoms with van der Waals surface area (Å²) in [6, 6.07) is 16.8. The van der Waals surface area contributed by atoms with E-state index in [1.54, 1.807) is 7.11 Å². The summed E-state index contributed by atoms with van der Waals surface area (Å²) in [5.74, 6) is 0.747. The maximum Gasteiger partial charge on any atom is 0.253 e. The number of nitrogens with one attached hydrogen (secondary N) is 1. The van der Waals surface area contributed by atoms with Crippen LogP contribution in [0.5, 0.6) is 5.75 Å². The van der Waals surface area contributed by atoms with Gasteiger partial charge in [0.15, 0.2) is 0 Å². The van der Waals surface area contributed by atoms with Crippen molar-refractivity contribution in [2.24, 2.45) is 0 Å². The van der Waals surface area contributed by atoms with Crippen molar-refractivity contribution < 1.29 is 19.4 Å². The van der Waals surface area contributed by atoms with Crippen molar-refractivity contribution in [2.45, 2.75) is 44.0 Å². The SMILES string of the molecule is COc1cccc(CNC(=O)[C@@H]2C[C@@H](O)CN2C2CCN(C(=O)c3ccccc3)CC2)c1. The number of benzene rings is 2. The van der Waals surface area contributed by atoms with E-state index in [2.05, 4.69) is 10.2 Å². The van der Waals surface area contributed by atoms with Crippen LogP contribution in [0.15, 0.2) is 54.6 Å². The third-order valence-electron chi connectivity index (χ3n) is 6.46. The third kappa shape index (κ3) is 5.11. The van der Waals surface area contributed by atoms with Gasteiger partial charge >= 0.3 is 0 Å². The lowest BCUT2D eigenvalue weighted by Gasteiger charge is -2.38. The number of hydrogen-bond donors (Lipinski definition) is 2. The molecule has 2 saturated heterocycles. The molecule has 7 nitrogen and oxygen atoms in total. The Hall–Kier alpha value is -2.90. The number of aliphatic hydroxyl groups is 1. The lowest BCUT2D eigenvalue weighted by Crippen LogP contribution is -2.52. The molecule has 0 spiro atoms. The van der Waals surface area contributed by atoms with Gasteiger partial charge < -0.3 is 20.1 Å². The summed E-state index contributed by atoms with van der Waals surface area (Å²) in [5, 5.41) is 13.3. The first kappa shape index (κ1) is 22.3. The fourth-order valence-corrected chi connectivity index (χ4v) is 4.75. The summed E-state index contributed by atoms with van der Waals surface area (Å²) in [6.45, 7) is 2.22. The first-order chi connectivity index (χ1) is 15.5. The van der Waals surface area contributed by atoms with Crippen LogP contribution in [0.3, 0.4) is 0 Å². The minimum absolute atomic E-state index is 0.0538. The van der Waals surface area contributed by atoms with Gasteiger partial charge in [0.05, 0.1) is 19.3 Å². The van der Waals surface area contributed by atoms with Crippen molar-refractivity contribution in [1.29, 1.82) is 0 Å². The molecule has 2 N–H and O–H groups in total. The van der Waals surface area contributed by atoms with Crippen LogP contribution in [0.4, 0.5) is 0 Å². The number of rotatable bonds is 6. The van der Waals surface area contributed by atoms with Crippen LogP contribution in [0.2, 0.25) is 0 Å².